The van der Waals surface area contributed by atoms with Crippen molar-refractivity contribution in [3.8, 4) is 0 Å². The molecule has 0 aromatic carbocycles. The SMILES string of the molecule is CCc1ccc(CC2CCC(NC)C2C)s1. The lowest BCUT2D eigenvalue weighted by atomic mass is 9.92. The molecular formula is C14H23NS. The summed E-state index contributed by atoms with van der Waals surface area (Å²) in [7, 11) is 2.10. The largest absolute Gasteiger partial charge is 0.317 e. The van der Waals surface area contributed by atoms with Gasteiger partial charge in [-0.3, -0.25) is 0 Å². The summed E-state index contributed by atoms with van der Waals surface area (Å²) in [5, 5.41) is 3.45. The van der Waals surface area contributed by atoms with Crippen molar-refractivity contribution in [3.05, 3.63) is 21.9 Å². The Morgan fingerprint density at radius 2 is 2.06 bits per heavy atom. The Morgan fingerprint density at radius 1 is 1.31 bits per heavy atom. The summed E-state index contributed by atoms with van der Waals surface area (Å²) < 4.78 is 0. The lowest BCUT2D eigenvalue weighted by molar-refractivity contribution is 0.365. The fraction of sp³-hybridized carbons (Fsp3) is 0.714. The van der Waals surface area contributed by atoms with Crippen LogP contribution in [-0.2, 0) is 12.8 Å². The van der Waals surface area contributed by atoms with Crippen molar-refractivity contribution in [2.24, 2.45) is 11.8 Å². The fourth-order valence-electron chi connectivity index (χ4n) is 2.92. The maximum atomic E-state index is 3.45. The van der Waals surface area contributed by atoms with E-state index in [-0.39, 0.29) is 0 Å². The van der Waals surface area contributed by atoms with Crippen LogP contribution in [0.5, 0.6) is 0 Å². The van der Waals surface area contributed by atoms with Gasteiger partial charge in [-0.15, -0.1) is 11.3 Å². The average Bonchev–Trinajstić information content (AvgIpc) is 2.88. The van der Waals surface area contributed by atoms with Gasteiger partial charge in [0.15, 0.2) is 0 Å². The van der Waals surface area contributed by atoms with Crippen LogP contribution in [0.2, 0.25) is 0 Å². The molecule has 1 fully saturated rings. The molecule has 0 saturated heterocycles. The van der Waals surface area contributed by atoms with Crippen LogP contribution in [0, 0.1) is 11.8 Å². The van der Waals surface area contributed by atoms with Crippen molar-refractivity contribution in [1.29, 1.82) is 0 Å². The van der Waals surface area contributed by atoms with Gasteiger partial charge in [-0.1, -0.05) is 13.8 Å². The van der Waals surface area contributed by atoms with Crippen molar-refractivity contribution in [2.75, 3.05) is 7.05 Å². The maximum absolute atomic E-state index is 3.45. The lowest BCUT2D eigenvalue weighted by Crippen LogP contribution is -2.29. The molecule has 3 unspecified atom stereocenters. The van der Waals surface area contributed by atoms with Crippen LogP contribution >= 0.6 is 11.3 Å². The van der Waals surface area contributed by atoms with Gasteiger partial charge in [-0.05, 0) is 56.7 Å². The van der Waals surface area contributed by atoms with Crippen LogP contribution in [0.15, 0.2) is 12.1 Å². The highest BCUT2D eigenvalue weighted by molar-refractivity contribution is 7.11. The van der Waals surface area contributed by atoms with Crippen LogP contribution in [-0.4, -0.2) is 13.1 Å². The number of rotatable bonds is 4. The molecule has 1 saturated carbocycles. The minimum atomic E-state index is 0.746. The summed E-state index contributed by atoms with van der Waals surface area (Å²) in [5.41, 5.74) is 0. The Labute approximate surface area is 103 Å². The monoisotopic (exact) mass is 237 g/mol. The molecule has 1 aliphatic rings. The molecule has 0 aliphatic heterocycles. The molecule has 0 bridgehead atoms. The molecule has 2 rings (SSSR count). The smallest absolute Gasteiger partial charge is 0.00925 e. The Kier molecular flexibility index (Phi) is 4.04. The van der Waals surface area contributed by atoms with E-state index in [1.165, 1.54) is 30.6 Å². The van der Waals surface area contributed by atoms with Crippen LogP contribution in [0.1, 0.15) is 36.4 Å². The predicted molar refractivity (Wildman–Crippen MR) is 72.1 cm³/mol. The molecule has 1 aromatic rings. The van der Waals surface area contributed by atoms with E-state index in [1.54, 1.807) is 4.88 Å². The van der Waals surface area contributed by atoms with Gasteiger partial charge in [0.1, 0.15) is 0 Å². The third kappa shape index (κ3) is 2.49. The number of hydrogen-bond donors (Lipinski definition) is 1. The van der Waals surface area contributed by atoms with Crippen molar-refractivity contribution < 1.29 is 0 Å². The molecule has 0 amide bonds. The Morgan fingerprint density at radius 3 is 2.62 bits per heavy atom. The van der Waals surface area contributed by atoms with Gasteiger partial charge < -0.3 is 5.32 Å². The van der Waals surface area contributed by atoms with E-state index in [1.807, 2.05) is 11.3 Å². The molecule has 1 aliphatic carbocycles. The van der Waals surface area contributed by atoms with Gasteiger partial charge in [-0.25, -0.2) is 0 Å². The number of hydrogen-bond acceptors (Lipinski definition) is 2. The summed E-state index contributed by atoms with van der Waals surface area (Å²) in [6, 6.07) is 5.38. The van der Waals surface area contributed by atoms with Gasteiger partial charge in [0.2, 0.25) is 0 Å². The van der Waals surface area contributed by atoms with Gasteiger partial charge in [0.05, 0.1) is 0 Å². The van der Waals surface area contributed by atoms with Gasteiger partial charge >= 0.3 is 0 Å². The van der Waals surface area contributed by atoms with Crippen molar-refractivity contribution in [2.45, 2.75) is 45.6 Å². The van der Waals surface area contributed by atoms with E-state index in [2.05, 4.69) is 38.3 Å². The van der Waals surface area contributed by atoms with Crippen LogP contribution in [0.3, 0.4) is 0 Å². The number of nitrogens with one attached hydrogen (secondary N) is 1. The van der Waals surface area contributed by atoms with Gasteiger partial charge in [-0.2, -0.15) is 0 Å². The summed E-state index contributed by atoms with van der Waals surface area (Å²) in [4.78, 5) is 3.12. The predicted octanol–water partition coefficient (Wildman–Crippen LogP) is 3.49. The topological polar surface area (TPSA) is 12.0 Å². The molecule has 2 heteroatoms. The third-order valence-corrected chi connectivity index (χ3v) is 5.38. The quantitative estimate of drug-likeness (QED) is 0.845. The molecule has 3 atom stereocenters. The Balaban J connectivity index is 1.95. The zero-order chi connectivity index (χ0) is 11.5. The van der Waals surface area contributed by atoms with E-state index in [0.717, 1.165) is 17.9 Å². The lowest BCUT2D eigenvalue weighted by Gasteiger charge is -2.19. The van der Waals surface area contributed by atoms with Crippen LogP contribution in [0.25, 0.3) is 0 Å². The minimum absolute atomic E-state index is 0.746. The fourth-order valence-corrected chi connectivity index (χ4v) is 3.97. The van der Waals surface area contributed by atoms with E-state index in [0.29, 0.717) is 0 Å². The highest BCUT2D eigenvalue weighted by atomic mass is 32.1. The van der Waals surface area contributed by atoms with Gasteiger partial charge in [0.25, 0.3) is 0 Å². The first kappa shape index (κ1) is 12.1. The molecule has 16 heavy (non-hydrogen) atoms. The highest BCUT2D eigenvalue weighted by Crippen LogP contribution is 2.35. The first-order valence-corrected chi connectivity index (χ1v) is 7.31. The first-order chi connectivity index (χ1) is 7.74. The second kappa shape index (κ2) is 5.33. The molecule has 1 nitrogen and oxygen atoms in total. The third-order valence-electron chi connectivity index (χ3n) is 4.13. The van der Waals surface area contributed by atoms with E-state index < -0.39 is 0 Å². The second-order valence-corrected chi connectivity index (χ2v) is 6.27. The molecule has 0 radical (unpaired) electrons. The zero-order valence-corrected chi connectivity index (χ0v) is 11.4. The second-order valence-electron chi connectivity index (χ2n) is 5.02. The van der Waals surface area contributed by atoms with Crippen molar-refractivity contribution in [3.63, 3.8) is 0 Å². The van der Waals surface area contributed by atoms with Crippen molar-refractivity contribution >= 4 is 11.3 Å². The standard InChI is InChI=1S/C14H23NS/c1-4-12-6-7-13(16-12)9-11-5-8-14(15-3)10(11)2/h6-7,10-11,14-15H,4-5,8-9H2,1-3H3. The van der Waals surface area contributed by atoms with E-state index in [4.69, 9.17) is 0 Å². The molecular weight excluding hydrogens is 214 g/mol. The number of aryl methyl sites for hydroxylation is 1. The van der Waals surface area contributed by atoms with Crippen LogP contribution in [0.4, 0.5) is 0 Å². The molecule has 1 heterocycles. The Bertz CT molecular complexity index is 331. The van der Waals surface area contributed by atoms with Gasteiger partial charge in [0, 0.05) is 15.8 Å². The Hall–Kier alpha value is -0.340. The summed E-state index contributed by atoms with van der Waals surface area (Å²) >= 11 is 2.01. The normalized spacial score (nSPS) is 29.8. The van der Waals surface area contributed by atoms with Crippen molar-refractivity contribution in [1.82, 2.24) is 5.32 Å². The zero-order valence-electron chi connectivity index (χ0n) is 10.6. The molecule has 1 N–H and O–H groups in total. The summed E-state index contributed by atoms with van der Waals surface area (Å²) in [6.45, 7) is 4.65. The summed E-state index contributed by atoms with van der Waals surface area (Å²) in [5.74, 6) is 1.72. The van der Waals surface area contributed by atoms with E-state index in [9.17, 15) is 0 Å². The highest BCUT2D eigenvalue weighted by Gasteiger charge is 2.31. The molecule has 0 spiro atoms. The average molecular weight is 237 g/mol. The van der Waals surface area contributed by atoms with Crippen LogP contribution < -0.4 is 5.32 Å². The summed E-state index contributed by atoms with van der Waals surface area (Å²) in [6.07, 6.45) is 5.23. The first-order valence-electron chi connectivity index (χ1n) is 6.49. The molecule has 1 aromatic heterocycles. The minimum Gasteiger partial charge on any atom is -0.317 e. The number of thiophene rings is 1. The molecule has 90 valence electrons. The maximum Gasteiger partial charge on any atom is 0.00925 e. The van der Waals surface area contributed by atoms with E-state index >= 15 is 0 Å².